The van der Waals surface area contributed by atoms with E-state index in [9.17, 15) is 0 Å². The Morgan fingerprint density at radius 1 is 1.06 bits per heavy atom. The lowest BCUT2D eigenvalue weighted by atomic mass is 10.2. The summed E-state index contributed by atoms with van der Waals surface area (Å²) in [4.78, 5) is 15.2. The van der Waals surface area contributed by atoms with Crippen molar-refractivity contribution in [2.45, 2.75) is 38.9 Å². The number of hydrogen-bond acceptors (Lipinski definition) is 7. The number of nitrogens with zero attached hydrogens (tertiary/aromatic N) is 4. The predicted molar refractivity (Wildman–Crippen MR) is 134 cm³/mol. The van der Waals surface area contributed by atoms with Gasteiger partial charge in [-0.15, -0.1) is 11.3 Å². The molecule has 0 saturated carbocycles. The van der Waals surface area contributed by atoms with Crippen molar-refractivity contribution in [3.63, 3.8) is 0 Å². The van der Waals surface area contributed by atoms with Crippen LogP contribution >= 0.6 is 11.3 Å². The minimum Gasteiger partial charge on any atom is -0.491 e. The van der Waals surface area contributed by atoms with Crippen LogP contribution in [0.5, 0.6) is 5.75 Å². The van der Waals surface area contributed by atoms with Crippen molar-refractivity contribution in [1.29, 1.82) is 0 Å². The second-order valence-corrected chi connectivity index (χ2v) is 15.1. The van der Waals surface area contributed by atoms with E-state index in [1.165, 1.54) is 0 Å². The van der Waals surface area contributed by atoms with Crippen LogP contribution in [0.2, 0.25) is 18.1 Å². The van der Waals surface area contributed by atoms with Crippen LogP contribution in [0.15, 0.2) is 30.6 Å². The van der Waals surface area contributed by atoms with Gasteiger partial charge in [0.05, 0.1) is 16.8 Å². The second-order valence-electron chi connectivity index (χ2n) is 9.18. The summed E-state index contributed by atoms with van der Waals surface area (Å²) in [5, 5.41) is 1.14. The lowest BCUT2D eigenvalue weighted by molar-refractivity contribution is 0.203. The first-order chi connectivity index (χ1) is 14.5. The topological polar surface area (TPSA) is 60.4 Å². The van der Waals surface area contributed by atoms with Gasteiger partial charge in [0, 0.05) is 38.1 Å². The van der Waals surface area contributed by atoms with Gasteiger partial charge in [-0.05, 0) is 42.4 Å². The smallest absolute Gasteiger partial charge is 0.224 e. The standard InChI is InChI=1S/C23H32N4O2SSi/c1-23(2,3)31(6,7)29-13-12-28-18-9-10-20-19(14-18)26-21(30-20)11-8-17-15-24-22(25-16-17)27(4)5/h8-11,14-16H,12-13H2,1-7H3/b11-8+. The molecule has 0 aliphatic carbocycles. The highest BCUT2D eigenvalue weighted by molar-refractivity contribution is 7.19. The third-order valence-electron chi connectivity index (χ3n) is 5.47. The van der Waals surface area contributed by atoms with E-state index in [0.29, 0.717) is 19.2 Å². The Kier molecular flexibility index (Phi) is 7.13. The molecule has 0 amide bonds. The zero-order valence-electron chi connectivity index (χ0n) is 19.5. The van der Waals surface area contributed by atoms with E-state index in [2.05, 4.69) is 49.9 Å². The van der Waals surface area contributed by atoms with Crippen molar-refractivity contribution in [2.24, 2.45) is 0 Å². The number of thiazole rings is 1. The van der Waals surface area contributed by atoms with Gasteiger partial charge in [0.15, 0.2) is 8.32 Å². The SMILES string of the molecule is CN(C)c1ncc(/C=C/c2nc3cc(OCCO[Si](C)(C)C(C)(C)C)ccc3s2)cn1. The molecule has 0 unspecified atom stereocenters. The summed E-state index contributed by atoms with van der Waals surface area (Å²) in [6.45, 7) is 12.4. The molecule has 0 radical (unpaired) electrons. The van der Waals surface area contributed by atoms with Crippen molar-refractivity contribution in [1.82, 2.24) is 15.0 Å². The van der Waals surface area contributed by atoms with Crippen LogP contribution < -0.4 is 9.64 Å². The first-order valence-corrected chi connectivity index (χ1v) is 14.1. The zero-order chi connectivity index (χ0) is 22.6. The lowest BCUT2D eigenvalue weighted by Gasteiger charge is -2.36. The van der Waals surface area contributed by atoms with Crippen LogP contribution in [0, 0.1) is 0 Å². The molecule has 0 spiro atoms. The Morgan fingerprint density at radius 3 is 2.42 bits per heavy atom. The first-order valence-electron chi connectivity index (χ1n) is 10.4. The molecule has 0 atom stereocenters. The third-order valence-corrected chi connectivity index (χ3v) is 11.0. The summed E-state index contributed by atoms with van der Waals surface area (Å²) >= 11 is 1.65. The molecule has 2 heterocycles. The molecule has 0 N–H and O–H groups in total. The molecule has 0 bridgehead atoms. The maximum absolute atomic E-state index is 6.18. The summed E-state index contributed by atoms with van der Waals surface area (Å²) in [7, 11) is 2.10. The van der Waals surface area contributed by atoms with Crippen LogP contribution in [0.1, 0.15) is 31.3 Å². The zero-order valence-corrected chi connectivity index (χ0v) is 21.3. The van der Waals surface area contributed by atoms with Gasteiger partial charge in [0.2, 0.25) is 5.95 Å². The minimum absolute atomic E-state index is 0.205. The van der Waals surface area contributed by atoms with E-state index in [0.717, 1.165) is 26.5 Å². The van der Waals surface area contributed by atoms with Gasteiger partial charge in [0.25, 0.3) is 0 Å². The van der Waals surface area contributed by atoms with Gasteiger partial charge in [-0.2, -0.15) is 0 Å². The fourth-order valence-electron chi connectivity index (χ4n) is 2.57. The highest BCUT2D eigenvalue weighted by Crippen LogP contribution is 2.36. The first kappa shape index (κ1) is 23.4. The Hall–Kier alpha value is -2.29. The van der Waals surface area contributed by atoms with E-state index in [1.54, 1.807) is 11.3 Å². The summed E-state index contributed by atoms with van der Waals surface area (Å²) < 4.78 is 13.2. The molecule has 2 aromatic heterocycles. The fourth-order valence-corrected chi connectivity index (χ4v) is 4.45. The molecule has 0 aliphatic rings. The molecule has 0 fully saturated rings. The summed E-state index contributed by atoms with van der Waals surface area (Å²) in [5.41, 5.74) is 1.88. The fraction of sp³-hybridized carbons (Fsp3) is 0.435. The number of fused-ring (bicyclic) bond motifs is 1. The summed E-state index contributed by atoms with van der Waals surface area (Å²) in [6, 6.07) is 6.04. The van der Waals surface area contributed by atoms with Gasteiger partial charge < -0.3 is 14.1 Å². The van der Waals surface area contributed by atoms with Crippen molar-refractivity contribution >= 4 is 48.0 Å². The maximum atomic E-state index is 6.18. The molecule has 0 saturated heterocycles. The monoisotopic (exact) mass is 456 g/mol. The second kappa shape index (κ2) is 9.46. The molecule has 31 heavy (non-hydrogen) atoms. The minimum atomic E-state index is -1.74. The van der Waals surface area contributed by atoms with E-state index >= 15 is 0 Å². The highest BCUT2D eigenvalue weighted by Gasteiger charge is 2.36. The lowest BCUT2D eigenvalue weighted by Crippen LogP contribution is -2.41. The summed E-state index contributed by atoms with van der Waals surface area (Å²) in [6.07, 6.45) is 7.59. The molecule has 6 nitrogen and oxygen atoms in total. The Labute approximate surface area is 190 Å². The van der Waals surface area contributed by atoms with Crippen LogP contribution in [0.3, 0.4) is 0 Å². The molecule has 8 heteroatoms. The number of anilines is 1. The Morgan fingerprint density at radius 2 is 1.77 bits per heavy atom. The molecule has 1 aromatic carbocycles. The highest BCUT2D eigenvalue weighted by atomic mass is 32.1. The Bertz CT molecular complexity index is 1040. The number of hydrogen-bond donors (Lipinski definition) is 0. The van der Waals surface area contributed by atoms with Crippen molar-refractivity contribution in [3.05, 3.63) is 41.2 Å². The number of benzene rings is 1. The van der Waals surface area contributed by atoms with E-state index < -0.39 is 8.32 Å². The number of aromatic nitrogens is 3. The van der Waals surface area contributed by atoms with Gasteiger partial charge in [-0.3, -0.25) is 0 Å². The molecular weight excluding hydrogens is 424 g/mol. The maximum Gasteiger partial charge on any atom is 0.224 e. The van der Waals surface area contributed by atoms with Gasteiger partial charge in [-0.1, -0.05) is 20.8 Å². The quantitative estimate of drug-likeness (QED) is 0.319. The van der Waals surface area contributed by atoms with Crippen LogP contribution in [0.25, 0.3) is 22.4 Å². The molecule has 166 valence electrons. The van der Waals surface area contributed by atoms with E-state index in [-0.39, 0.29) is 5.04 Å². The van der Waals surface area contributed by atoms with Gasteiger partial charge in [-0.25, -0.2) is 15.0 Å². The number of rotatable bonds is 8. The van der Waals surface area contributed by atoms with E-state index in [1.807, 2.05) is 55.7 Å². The normalized spacial score (nSPS) is 12.6. The van der Waals surface area contributed by atoms with Crippen LogP contribution in [-0.4, -0.2) is 50.6 Å². The van der Waals surface area contributed by atoms with Crippen molar-refractivity contribution in [2.75, 3.05) is 32.2 Å². The van der Waals surface area contributed by atoms with Crippen molar-refractivity contribution < 1.29 is 9.16 Å². The number of ether oxygens (including phenoxy) is 1. The van der Waals surface area contributed by atoms with Crippen LogP contribution in [0.4, 0.5) is 5.95 Å². The molecule has 0 aliphatic heterocycles. The molecular formula is C23H32N4O2SSi. The van der Waals surface area contributed by atoms with Gasteiger partial charge >= 0.3 is 0 Å². The molecule has 3 aromatic rings. The largest absolute Gasteiger partial charge is 0.491 e. The average molecular weight is 457 g/mol. The summed E-state index contributed by atoms with van der Waals surface area (Å²) in [5.74, 6) is 1.51. The van der Waals surface area contributed by atoms with Crippen molar-refractivity contribution in [3.8, 4) is 5.75 Å². The third kappa shape index (κ3) is 6.12. The van der Waals surface area contributed by atoms with Crippen LogP contribution in [-0.2, 0) is 4.43 Å². The average Bonchev–Trinajstić information content (AvgIpc) is 3.11. The Balaban J connectivity index is 1.59. The molecule has 3 rings (SSSR count). The van der Waals surface area contributed by atoms with Gasteiger partial charge in [0.1, 0.15) is 17.4 Å². The predicted octanol–water partition coefficient (Wildman–Crippen LogP) is 5.72. The van der Waals surface area contributed by atoms with E-state index in [4.69, 9.17) is 14.1 Å².